The number of nitrogens with two attached hydrogens (primary N) is 1. The van der Waals surface area contributed by atoms with Crippen LogP contribution in [0.5, 0.6) is 5.75 Å². The Kier molecular flexibility index (Phi) is 4.40. The number of amides is 1. The Morgan fingerprint density at radius 3 is 2.92 bits per heavy atom. The fraction of sp³-hybridized carbons (Fsp3) is 0.526. The maximum Gasteiger partial charge on any atom is 0.249 e. The summed E-state index contributed by atoms with van der Waals surface area (Å²) in [6.07, 6.45) is 3.33. The van der Waals surface area contributed by atoms with Crippen LogP contribution in [-0.4, -0.2) is 29.2 Å². The fourth-order valence-corrected chi connectivity index (χ4v) is 4.39. The Labute approximate surface area is 152 Å². The quantitative estimate of drug-likeness (QED) is 0.852. The molecule has 7 nitrogen and oxygen atoms in total. The Morgan fingerprint density at radius 2 is 2.19 bits per heavy atom. The van der Waals surface area contributed by atoms with Gasteiger partial charge in [0, 0.05) is 11.6 Å². The fourth-order valence-electron chi connectivity index (χ4n) is 4.39. The molecule has 1 aromatic carbocycles. The largest absolute Gasteiger partial charge is 0.497 e. The summed E-state index contributed by atoms with van der Waals surface area (Å²) in [4.78, 5) is 17.1. The average Bonchev–Trinajstić information content (AvgIpc) is 3.37. The topological polar surface area (TPSA) is 103 Å². The lowest BCUT2D eigenvalue weighted by atomic mass is 9.84. The molecule has 5 unspecified atom stereocenters. The molecule has 2 bridgehead atoms. The highest BCUT2D eigenvalue weighted by Crippen LogP contribution is 2.47. The maximum absolute atomic E-state index is 12.7. The van der Waals surface area contributed by atoms with E-state index in [9.17, 15) is 4.79 Å². The smallest absolute Gasteiger partial charge is 0.249 e. The lowest BCUT2D eigenvalue weighted by Gasteiger charge is -2.27. The molecule has 26 heavy (non-hydrogen) atoms. The van der Waals surface area contributed by atoms with Crippen LogP contribution in [0, 0.1) is 17.8 Å². The van der Waals surface area contributed by atoms with Gasteiger partial charge in [-0.1, -0.05) is 17.3 Å². The lowest BCUT2D eigenvalue weighted by Crippen LogP contribution is -2.45. The number of ether oxygens (including phenoxy) is 1. The van der Waals surface area contributed by atoms with Crippen molar-refractivity contribution < 1.29 is 14.1 Å². The molecule has 0 aliphatic heterocycles. The molecule has 2 aliphatic carbocycles. The monoisotopic (exact) mass is 356 g/mol. The predicted octanol–water partition coefficient (Wildman–Crippen LogP) is 2.30. The summed E-state index contributed by atoms with van der Waals surface area (Å²) in [5.41, 5.74) is 7.06. The van der Waals surface area contributed by atoms with Gasteiger partial charge in [-0.25, -0.2) is 0 Å². The van der Waals surface area contributed by atoms with Crippen LogP contribution in [-0.2, 0) is 4.79 Å². The van der Waals surface area contributed by atoms with E-state index in [0.29, 0.717) is 23.6 Å². The number of rotatable bonds is 5. The van der Waals surface area contributed by atoms with E-state index < -0.39 is 0 Å². The van der Waals surface area contributed by atoms with Crippen LogP contribution < -0.4 is 15.8 Å². The van der Waals surface area contributed by atoms with E-state index in [1.165, 1.54) is 0 Å². The van der Waals surface area contributed by atoms with Crippen molar-refractivity contribution in [2.45, 2.75) is 38.3 Å². The average molecular weight is 356 g/mol. The van der Waals surface area contributed by atoms with Gasteiger partial charge in [0.25, 0.3) is 0 Å². The van der Waals surface area contributed by atoms with Crippen LogP contribution in [0.2, 0.25) is 0 Å². The third kappa shape index (κ3) is 2.96. The molecule has 4 rings (SSSR count). The molecule has 2 fully saturated rings. The number of carbonyl (C=O) groups is 1. The van der Waals surface area contributed by atoms with Crippen LogP contribution in [0.1, 0.15) is 38.1 Å². The molecule has 0 radical (unpaired) electrons. The third-order valence-electron chi connectivity index (χ3n) is 5.78. The summed E-state index contributed by atoms with van der Waals surface area (Å²) in [5.74, 6) is 2.38. The van der Waals surface area contributed by atoms with Gasteiger partial charge in [0.2, 0.25) is 17.6 Å². The van der Waals surface area contributed by atoms with Crippen LogP contribution >= 0.6 is 0 Å². The lowest BCUT2D eigenvalue weighted by molar-refractivity contribution is -0.127. The third-order valence-corrected chi connectivity index (χ3v) is 5.78. The molecular weight excluding hydrogens is 332 g/mol. The Hall–Kier alpha value is -2.41. The van der Waals surface area contributed by atoms with Gasteiger partial charge in [-0.2, -0.15) is 4.98 Å². The minimum atomic E-state index is -0.360. The van der Waals surface area contributed by atoms with Crippen molar-refractivity contribution in [2.24, 2.45) is 23.5 Å². The number of nitrogens with one attached hydrogen (secondary N) is 1. The van der Waals surface area contributed by atoms with Crippen molar-refractivity contribution in [3.63, 3.8) is 0 Å². The van der Waals surface area contributed by atoms with E-state index in [1.54, 1.807) is 7.11 Å². The second kappa shape index (κ2) is 6.72. The van der Waals surface area contributed by atoms with Crippen molar-refractivity contribution in [2.75, 3.05) is 7.11 Å². The van der Waals surface area contributed by atoms with Crippen molar-refractivity contribution in [3.8, 4) is 17.1 Å². The summed E-state index contributed by atoms with van der Waals surface area (Å²) in [6, 6.07) is 7.05. The molecule has 3 N–H and O–H groups in total. The molecule has 1 heterocycles. The highest BCUT2D eigenvalue weighted by Gasteiger charge is 2.49. The minimum Gasteiger partial charge on any atom is -0.497 e. The zero-order valence-electron chi connectivity index (χ0n) is 15.0. The number of hydrogen-bond acceptors (Lipinski definition) is 6. The number of nitrogens with zero attached hydrogens (tertiary/aromatic N) is 2. The molecule has 7 heteroatoms. The minimum absolute atomic E-state index is 0.00155. The number of benzene rings is 1. The molecule has 2 saturated carbocycles. The molecule has 1 aromatic heterocycles. The van der Waals surface area contributed by atoms with E-state index in [4.69, 9.17) is 15.0 Å². The molecule has 138 valence electrons. The van der Waals surface area contributed by atoms with Crippen molar-refractivity contribution in [3.05, 3.63) is 30.2 Å². The van der Waals surface area contributed by atoms with Crippen LogP contribution in [0.25, 0.3) is 11.4 Å². The van der Waals surface area contributed by atoms with Gasteiger partial charge < -0.3 is 20.3 Å². The van der Waals surface area contributed by atoms with Gasteiger partial charge in [-0.05, 0) is 50.2 Å². The molecular formula is C19H24N4O3. The number of carbonyl (C=O) groups excluding carboxylic acids is 1. The van der Waals surface area contributed by atoms with Gasteiger partial charge >= 0.3 is 0 Å². The maximum atomic E-state index is 12.7. The van der Waals surface area contributed by atoms with Gasteiger partial charge in [-0.3, -0.25) is 4.79 Å². The first kappa shape index (κ1) is 17.0. The predicted molar refractivity (Wildman–Crippen MR) is 95.1 cm³/mol. The molecule has 2 aliphatic rings. The van der Waals surface area contributed by atoms with Gasteiger partial charge in [-0.15, -0.1) is 0 Å². The zero-order valence-corrected chi connectivity index (χ0v) is 15.0. The molecule has 5 atom stereocenters. The highest BCUT2D eigenvalue weighted by atomic mass is 16.5. The van der Waals surface area contributed by atoms with Crippen molar-refractivity contribution in [1.29, 1.82) is 0 Å². The second-order valence-corrected chi connectivity index (χ2v) is 7.35. The van der Waals surface area contributed by atoms with Crippen LogP contribution in [0.3, 0.4) is 0 Å². The number of hydrogen-bond donors (Lipinski definition) is 2. The number of aromatic nitrogens is 2. The summed E-state index contributed by atoms with van der Waals surface area (Å²) in [6.45, 7) is 1.85. The molecule has 0 spiro atoms. The molecule has 2 aromatic rings. The SMILES string of the molecule is COc1cccc(-c2noc(C(C)NC(=O)C3C4CCC(C4)C3N)n2)c1. The molecule has 1 amide bonds. The first-order valence-electron chi connectivity index (χ1n) is 9.11. The van der Waals surface area contributed by atoms with Crippen LogP contribution in [0.15, 0.2) is 28.8 Å². The van der Waals surface area contributed by atoms with E-state index in [-0.39, 0.29) is 23.9 Å². The summed E-state index contributed by atoms with van der Waals surface area (Å²) in [7, 11) is 1.61. The van der Waals surface area contributed by atoms with E-state index >= 15 is 0 Å². The van der Waals surface area contributed by atoms with Gasteiger partial charge in [0.05, 0.1) is 13.0 Å². The zero-order chi connectivity index (χ0) is 18.3. The Morgan fingerprint density at radius 1 is 1.38 bits per heavy atom. The number of methoxy groups -OCH3 is 1. The standard InChI is InChI=1S/C19H24N4O3/c1-10(21-18(24)15-11-6-7-12(8-11)16(15)20)19-22-17(23-26-19)13-4-3-5-14(9-13)25-2/h3-5,9-12,15-16H,6-8,20H2,1-2H3,(H,21,24). The van der Waals surface area contributed by atoms with Crippen LogP contribution in [0.4, 0.5) is 0 Å². The van der Waals surface area contributed by atoms with Crippen molar-refractivity contribution >= 4 is 5.91 Å². The van der Waals surface area contributed by atoms with Gasteiger partial charge in [0.15, 0.2) is 0 Å². The number of fused-ring (bicyclic) bond motifs is 2. The van der Waals surface area contributed by atoms with Crippen molar-refractivity contribution in [1.82, 2.24) is 15.5 Å². The Balaban J connectivity index is 1.45. The first-order valence-corrected chi connectivity index (χ1v) is 9.11. The summed E-state index contributed by atoms with van der Waals surface area (Å²) >= 11 is 0. The molecule has 0 saturated heterocycles. The Bertz CT molecular complexity index is 804. The van der Waals surface area contributed by atoms with E-state index in [1.807, 2.05) is 31.2 Å². The highest BCUT2D eigenvalue weighted by molar-refractivity contribution is 5.80. The summed E-state index contributed by atoms with van der Waals surface area (Å²) < 4.78 is 10.6. The van der Waals surface area contributed by atoms with E-state index in [0.717, 1.165) is 30.6 Å². The van der Waals surface area contributed by atoms with Gasteiger partial charge in [0.1, 0.15) is 11.8 Å². The second-order valence-electron chi connectivity index (χ2n) is 7.35. The summed E-state index contributed by atoms with van der Waals surface area (Å²) in [5, 5.41) is 7.02. The normalized spacial score (nSPS) is 28.1. The van der Waals surface area contributed by atoms with E-state index in [2.05, 4.69) is 15.5 Å². The first-order chi connectivity index (χ1) is 12.6.